The Morgan fingerprint density at radius 2 is 1.75 bits per heavy atom. The zero-order valence-corrected chi connectivity index (χ0v) is 12.4. The molecular formula is C12H10Br2OS. The van der Waals surface area contributed by atoms with Crippen molar-refractivity contribution < 1.29 is 4.74 Å². The number of hydrogen-bond donors (Lipinski definition) is 0. The van der Waals surface area contributed by atoms with Crippen molar-refractivity contribution in [2.24, 2.45) is 0 Å². The minimum Gasteiger partial charge on any atom is -0.371 e. The SMILES string of the molecule is Brc1ccc(COCc2sccc2Br)cc1. The van der Waals surface area contributed by atoms with E-state index in [4.69, 9.17) is 4.74 Å². The van der Waals surface area contributed by atoms with Crippen LogP contribution in [0.15, 0.2) is 44.7 Å². The maximum Gasteiger partial charge on any atom is 0.0825 e. The molecule has 0 atom stereocenters. The Morgan fingerprint density at radius 3 is 2.38 bits per heavy atom. The largest absolute Gasteiger partial charge is 0.371 e. The first-order chi connectivity index (χ1) is 7.75. The average Bonchev–Trinajstić information content (AvgIpc) is 2.68. The molecule has 84 valence electrons. The first-order valence-electron chi connectivity index (χ1n) is 4.80. The molecule has 2 aromatic rings. The van der Waals surface area contributed by atoms with Gasteiger partial charge in [-0.2, -0.15) is 0 Å². The lowest BCUT2D eigenvalue weighted by Gasteiger charge is -2.03. The second-order valence-electron chi connectivity index (χ2n) is 3.31. The van der Waals surface area contributed by atoms with Gasteiger partial charge in [0.25, 0.3) is 0 Å². The number of rotatable bonds is 4. The van der Waals surface area contributed by atoms with Crippen LogP contribution in [-0.4, -0.2) is 0 Å². The molecule has 0 saturated carbocycles. The zero-order valence-electron chi connectivity index (χ0n) is 8.45. The standard InChI is InChI=1S/C12H10Br2OS/c13-10-3-1-9(2-4-10)7-15-8-12-11(14)5-6-16-12/h1-6H,7-8H2. The third-order valence-corrected chi connectivity index (χ3v) is 4.53. The van der Waals surface area contributed by atoms with Crippen LogP contribution >= 0.6 is 43.2 Å². The molecule has 16 heavy (non-hydrogen) atoms. The Kier molecular flexibility index (Phi) is 4.58. The zero-order chi connectivity index (χ0) is 11.4. The van der Waals surface area contributed by atoms with E-state index in [2.05, 4.69) is 49.4 Å². The van der Waals surface area contributed by atoms with Crippen molar-refractivity contribution in [2.75, 3.05) is 0 Å². The second-order valence-corrected chi connectivity index (χ2v) is 6.08. The molecule has 0 fully saturated rings. The quantitative estimate of drug-likeness (QED) is 0.745. The number of thiophene rings is 1. The van der Waals surface area contributed by atoms with Gasteiger partial charge in [-0.05, 0) is 45.1 Å². The third-order valence-electron chi connectivity index (χ3n) is 2.11. The van der Waals surface area contributed by atoms with Crippen LogP contribution in [-0.2, 0) is 18.0 Å². The lowest BCUT2D eigenvalue weighted by molar-refractivity contribution is 0.109. The van der Waals surface area contributed by atoms with Gasteiger partial charge in [0, 0.05) is 13.8 Å². The van der Waals surface area contributed by atoms with Crippen molar-refractivity contribution in [2.45, 2.75) is 13.2 Å². The monoisotopic (exact) mass is 360 g/mol. The van der Waals surface area contributed by atoms with Crippen LogP contribution in [0.3, 0.4) is 0 Å². The maximum absolute atomic E-state index is 5.65. The van der Waals surface area contributed by atoms with Crippen LogP contribution in [0.5, 0.6) is 0 Å². The van der Waals surface area contributed by atoms with E-state index in [1.54, 1.807) is 11.3 Å². The molecule has 0 aliphatic heterocycles. The smallest absolute Gasteiger partial charge is 0.0825 e. The molecule has 2 rings (SSSR count). The Morgan fingerprint density at radius 1 is 1.00 bits per heavy atom. The topological polar surface area (TPSA) is 9.23 Å². The molecule has 1 nitrogen and oxygen atoms in total. The highest BCUT2D eigenvalue weighted by molar-refractivity contribution is 9.10. The highest BCUT2D eigenvalue weighted by Crippen LogP contribution is 2.23. The summed E-state index contributed by atoms with van der Waals surface area (Å²) in [6.45, 7) is 1.31. The summed E-state index contributed by atoms with van der Waals surface area (Å²) in [6, 6.07) is 10.2. The molecule has 0 aliphatic carbocycles. The third kappa shape index (κ3) is 3.42. The summed E-state index contributed by atoms with van der Waals surface area (Å²) in [5.41, 5.74) is 1.19. The van der Waals surface area contributed by atoms with Gasteiger partial charge in [0.1, 0.15) is 0 Å². The van der Waals surface area contributed by atoms with Gasteiger partial charge in [-0.25, -0.2) is 0 Å². The van der Waals surface area contributed by atoms with Crippen LogP contribution in [0, 0.1) is 0 Å². The fraction of sp³-hybridized carbons (Fsp3) is 0.167. The molecule has 0 spiro atoms. The van der Waals surface area contributed by atoms with E-state index >= 15 is 0 Å². The van der Waals surface area contributed by atoms with E-state index in [9.17, 15) is 0 Å². The molecule has 4 heteroatoms. The van der Waals surface area contributed by atoms with E-state index < -0.39 is 0 Å². The summed E-state index contributed by atoms with van der Waals surface area (Å²) >= 11 is 8.60. The Hall–Kier alpha value is -0.160. The molecule has 0 N–H and O–H groups in total. The van der Waals surface area contributed by atoms with Crippen LogP contribution in [0.1, 0.15) is 10.4 Å². The first-order valence-corrected chi connectivity index (χ1v) is 7.26. The van der Waals surface area contributed by atoms with E-state index in [1.807, 2.05) is 18.2 Å². The fourth-order valence-electron chi connectivity index (χ4n) is 1.27. The summed E-state index contributed by atoms with van der Waals surface area (Å²) in [5.74, 6) is 0. The minimum absolute atomic E-state index is 0.650. The minimum atomic E-state index is 0.650. The van der Waals surface area contributed by atoms with Gasteiger partial charge in [0.15, 0.2) is 0 Å². The van der Waals surface area contributed by atoms with Crippen LogP contribution in [0.2, 0.25) is 0 Å². The molecule has 1 aromatic carbocycles. The molecule has 0 aliphatic rings. The molecule has 0 radical (unpaired) electrons. The number of halogens is 2. The molecule has 1 heterocycles. The highest BCUT2D eigenvalue weighted by Gasteiger charge is 2.01. The predicted octanol–water partition coefficient (Wildman–Crippen LogP) is 4.99. The van der Waals surface area contributed by atoms with Crippen molar-refractivity contribution in [3.05, 3.63) is 55.1 Å². The maximum atomic E-state index is 5.65. The lowest BCUT2D eigenvalue weighted by atomic mass is 10.2. The molecule has 1 aromatic heterocycles. The Balaban J connectivity index is 1.84. The summed E-state index contributed by atoms with van der Waals surface area (Å²) < 4.78 is 7.88. The number of ether oxygens (including phenoxy) is 1. The highest BCUT2D eigenvalue weighted by atomic mass is 79.9. The van der Waals surface area contributed by atoms with Crippen molar-refractivity contribution in [1.82, 2.24) is 0 Å². The summed E-state index contributed by atoms with van der Waals surface area (Å²) in [7, 11) is 0. The van der Waals surface area contributed by atoms with E-state index in [1.165, 1.54) is 10.4 Å². The summed E-state index contributed by atoms with van der Waals surface area (Å²) in [4.78, 5) is 1.23. The van der Waals surface area contributed by atoms with Crippen molar-refractivity contribution in [3.63, 3.8) is 0 Å². The van der Waals surface area contributed by atoms with Gasteiger partial charge in [0.2, 0.25) is 0 Å². The van der Waals surface area contributed by atoms with Gasteiger partial charge in [0.05, 0.1) is 13.2 Å². The van der Waals surface area contributed by atoms with Crippen LogP contribution in [0.4, 0.5) is 0 Å². The normalized spacial score (nSPS) is 10.6. The van der Waals surface area contributed by atoms with Gasteiger partial charge >= 0.3 is 0 Å². The summed E-state index contributed by atoms with van der Waals surface area (Å²) in [6.07, 6.45) is 0. The van der Waals surface area contributed by atoms with E-state index in [0.717, 1.165) is 8.95 Å². The molecule has 0 unspecified atom stereocenters. The van der Waals surface area contributed by atoms with Crippen LogP contribution in [0.25, 0.3) is 0 Å². The van der Waals surface area contributed by atoms with Crippen molar-refractivity contribution in [3.8, 4) is 0 Å². The molecule has 0 amide bonds. The second kappa shape index (κ2) is 5.96. The molecular weight excluding hydrogens is 352 g/mol. The first kappa shape index (κ1) is 12.3. The fourth-order valence-corrected chi connectivity index (χ4v) is 2.94. The number of hydrogen-bond acceptors (Lipinski definition) is 2. The van der Waals surface area contributed by atoms with Gasteiger partial charge in [-0.3, -0.25) is 0 Å². The molecule has 0 saturated heterocycles. The van der Waals surface area contributed by atoms with Gasteiger partial charge in [-0.1, -0.05) is 28.1 Å². The Labute approximate surface area is 116 Å². The van der Waals surface area contributed by atoms with Crippen molar-refractivity contribution >= 4 is 43.2 Å². The van der Waals surface area contributed by atoms with E-state index in [0.29, 0.717) is 13.2 Å². The lowest BCUT2D eigenvalue weighted by Crippen LogP contribution is -1.92. The van der Waals surface area contributed by atoms with Crippen LogP contribution < -0.4 is 0 Å². The van der Waals surface area contributed by atoms with Gasteiger partial charge in [-0.15, -0.1) is 11.3 Å². The van der Waals surface area contributed by atoms with Gasteiger partial charge < -0.3 is 4.74 Å². The average molecular weight is 362 g/mol. The number of benzene rings is 1. The Bertz CT molecular complexity index is 450. The molecule has 0 bridgehead atoms. The van der Waals surface area contributed by atoms with E-state index in [-0.39, 0.29) is 0 Å². The van der Waals surface area contributed by atoms with Crippen molar-refractivity contribution in [1.29, 1.82) is 0 Å². The predicted molar refractivity (Wildman–Crippen MR) is 74.7 cm³/mol. The summed E-state index contributed by atoms with van der Waals surface area (Å²) in [5, 5.41) is 2.06.